The lowest BCUT2D eigenvalue weighted by Crippen LogP contribution is -2.19. The molecule has 5 nitrogen and oxygen atoms in total. The van der Waals surface area contributed by atoms with Crippen LogP contribution in [-0.2, 0) is 0 Å². The van der Waals surface area contributed by atoms with Crippen molar-refractivity contribution in [1.82, 2.24) is 19.7 Å². The number of rotatable bonds is 1. The van der Waals surface area contributed by atoms with Gasteiger partial charge in [-0.1, -0.05) is 11.6 Å². The van der Waals surface area contributed by atoms with Crippen molar-refractivity contribution in [2.75, 3.05) is 0 Å². The Kier molecular flexibility index (Phi) is 2.52. The minimum atomic E-state index is -0.341. The molecule has 0 aromatic carbocycles. The fourth-order valence-electron chi connectivity index (χ4n) is 2.44. The molecule has 0 saturated heterocycles. The first-order chi connectivity index (χ1) is 8.16. The topological polar surface area (TPSA) is 63.8 Å². The fourth-order valence-corrected chi connectivity index (χ4v) is 2.70. The fraction of sp³-hybridized carbons (Fsp3) is 0.545. The summed E-state index contributed by atoms with van der Waals surface area (Å²) in [4.78, 5) is 8.47. The molecule has 0 aliphatic heterocycles. The van der Waals surface area contributed by atoms with Crippen molar-refractivity contribution < 1.29 is 5.11 Å². The molecule has 2 aromatic rings. The normalized spacial score (nSPS) is 24.6. The van der Waals surface area contributed by atoms with Crippen molar-refractivity contribution in [3.63, 3.8) is 0 Å². The smallest absolute Gasteiger partial charge is 0.163 e. The van der Waals surface area contributed by atoms with Gasteiger partial charge in [-0.05, 0) is 26.2 Å². The first-order valence-electron chi connectivity index (χ1n) is 5.72. The van der Waals surface area contributed by atoms with Crippen LogP contribution in [0.25, 0.3) is 11.0 Å². The van der Waals surface area contributed by atoms with Gasteiger partial charge in [0.1, 0.15) is 11.0 Å². The first-order valence-corrected chi connectivity index (χ1v) is 6.10. The number of nitrogens with zero attached hydrogens (tertiary/aromatic N) is 4. The van der Waals surface area contributed by atoms with E-state index in [2.05, 4.69) is 15.1 Å². The Morgan fingerprint density at radius 3 is 2.94 bits per heavy atom. The van der Waals surface area contributed by atoms with Crippen molar-refractivity contribution in [1.29, 1.82) is 0 Å². The summed E-state index contributed by atoms with van der Waals surface area (Å²) < 4.78 is 1.79. The molecule has 1 aliphatic rings. The van der Waals surface area contributed by atoms with Gasteiger partial charge in [0.25, 0.3) is 0 Å². The highest BCUT2D eigenvalue weighted by Gasteiger charge is 2.29. The summed E-state index contributed by atoms with van der Waals surface area (Å²) in [6.07, 6.45) is 4.10. The second kappa shape index (κ2) is 3.92. The summed E-state index contributed by atoms with van der Waals surface area (Å²) in [5, 5.41) is 15.4. The van der Waals surface area contributed by atoms with Crippen LogP contribution >= 0.6 is 11.6 Å². The predicted octanol–water partition coefficient (Wildman–Crippen LogP) is 1.87. The molecule has 2 aromatic heterocycles. The van der Waals surface area contributed by atoms with Gasteiger partial charge in [-0.3, -0.25) is 0 Å². The average molecular weight is 253 g/mol. The van der Waals surface area contributed by atoms with Crippen LogP contribution in [0, 0.1) is 6.92 Å². The molecule has 0 spiro atoms. The van der Waals surface area contributed by atoms with Gasteiger partial charge < -0.3 is 5.11 Å². The van der Waals surface area contributed by atoms with Crippen molar-refractivity contribution in [3.8, 4) is 0 Å². The number of halogens is 1. The lowest BCUT2D eigenvalue weighted by molar-refractivity contribution is 0.132. The molecule has 2 heterocycles. The van der Waals surface area contributed by atoms with E-state index in [1.165, 1.54) is 0 Å². The Morgan fingerprint density at radius 2 is 2.24 bits per heavy atom. The minimum absolute atomic E-state index is 0.0119. The van der Waals surface area contributed by atoms with Gasteiger partial charge in [-0.15, -0.1) is 0 Å². The molecule has 17 heavy (non-hydrogen) atoms. The number of aromatic nitrogens is 4. The number of hydrogen-bond donors (Lipinski definition) is 1. The molecule has 1 fully saturated rings. The Balaban J connectivity index is 2.17. The highest BCUT2D eigenvalue weighted by Crippen LogP contribution is 2.32. The van der Waals surface area contributed by atoms with Gasteiger partial charge in [0, 0.05) is 0 Å². The van der Waals surface area contributed by atoms with Crippen LogP contribution in [0.4, 0.5) is 0 Å². The number of hydrogen-bond acceptors (Lipinski definition) is 4. The van der Waals surface area contributed by atoms with E-state index in [1.807, 2.05) is 0 Å². The summed E-state index contributed by atoms with van der Waals surface area (Å²) in [6.45, 7) is 1.80. The predicted molar refractivity (Wildman–Crippen MR) is 64.0 cm³/mol. The van der Waals surface area contributed by atoms with Gasteiger partial charge in [-0.2, -0.15) is 5.10 Å². The second-order valence-electron chi connectivity index (χ2n) is 4.45. The largest absolute Gasteiger partial charge is 0.391 e. The molecule has 90 valence electrons. The van der Waals surface area contributed by atoms with Crippen molar-refractivity contribution in [3.05, 3.63) is 17.2 Å². The zero-order chi connectivity index (χ0) is 12.0. The second-order valence-corrected chi connectivity index (χ2v) is 4.81. The zero-order valence-corrected chi connectivity index (χ0v) is 10.2. The van der Waals surface area contributed by atoms with E-state index in [1.54, 1.807) is 17.8 Å². The summed E-state index contributed by atoms with van der Waals surface area (Å²) in [5.41, 5.74) is 0.716. The Morgan fingerprint density at radius 1 is 1.41 bits per heavy atom. The van der Waals surface area contributed by atoms with E-state index in [0.717, 1.165) is 24.6 Å². The van der Waals surface area contributed by atoms with Crippen molar-refractivity contribution >= 4 is 22.6 Å². The number of aliphatic hydroxyl groups is 1. The molecular formula is C11H13ClN4O. The van der Waals surface area contributed by atoms with E-state index in [4.69, 9.17) is 11.6 Å². The molecule has 0 amide bonds. The summed E-state index contributed by atoms with van der Waals surface area (Å²) in [5.74, 6) is 0.622. The maximum Gasteiger partial charge on any atom is 0.163 e. The van der Waals surface area contributed by atoms with Gasteiger partial charge in [-0.25, -0.2) is 14.6 Å². The Labute approximate surface area is 103 Å². The maximum absolute atomic E-state index is 9.92. The molecule has 1 saturated carbocycles. The Bertz CT molecular complexity index is 568. The molecule has 3 rings (SSSR count). The van der Waals surface area contributed by atoms with E-state index in [9.17, 15) is 5.11 Å². The van der Waals surface area contributed by atoms with Gasteiger partial charge in [0.15, 0.2) is 5.65 Å². The van der Waals surface area contributed by atoms with Crippen LogP contribution in [-0.4, -0.2) is 31.0 Å². The lowest BCUT2D eigenvalue weighted by Gasteiger charge is -2.15. The lowest BCUT2D eigenvalue weighted by atomic mass is 10.2. The van der Waals surface area contributed by atoms with Crippen LogP contribution in [0.5, 0.6) is 0 Å². The molecule has 1 N–H and O–H groups in total. The van der Waals surface area contributed by atoms with Crippen LogP contribution in [0.2, 0.25) is 5.15 Å². The van der Waals surface area contributed by atoms with Gasteiger partial charge in [0.05, 0.1) is 23.7 Å². The summed E-state index contributed by atoms with van der Waals surface area (Å²) in [6, 6.07) is 0.0119. The van der Waals surface area contributed by atoms with Crippen LogP contribution in [0.3, 0.4) is 0 Å². The van der Waals surface area contributed by atoms with Gasteiger partial charge >= 0.3 is 0 Å². The van der Waals surface area contributed by atoms with Crippen LogP contribution < -0.4 is 0 Å². The summed E-state index contributed by atoms with van der Waals surface area (Å²) in [7, 11) is 0. The van der Waals surface area contributed by atoms with E-state index < -0.39 is 0 Å². The van der Waals surface area contributed by atoms with Crippen LogP contribution in [0.15, 0.2) is 6.20 Å². The van der Waals surface area contributed by atoms with Gasteiger partial charge in [0.2, 0.25) is 0 Å². The molecule has 2 unspecified atom stereocenters. The van der Waals surface area contributed by atoms with E-state index in [-0.39, 0.29) is 12.1 Å². The molecule has 0 radical (unpaired) electrons. The quantitative estimate of drug-likeness (QED) is 0.787. The van der Waals surface area contributed by atoms with Crippen molar-refractivity contribution in [2.45, 2.75) is 38.3 Å². The molecular weight excluding hydrogens is 240 g/mol. The third kappa shape index (κ3) is 1.70. The van der Waals surface area contributed by atoms with E-state index in [0.29, 0.717) is 16.6 Å². The molecule has 0 bridgehead atoms. The maximum atomic E-state index is 9.92. The number of fused-ring (bicyclic) bond motifs is 1. The zero-order valence-electron chi connectivity index (χ0n) is 9.47. The Hall–Kier alpha value is -1.20. The molecule has 1 aliphatic carbocycles. The first kappa shape index (κ1) is 10.9. The monoisotopic (exact) mass is 252 g/mol. The third-order valence-electron chi connectivity index (χ3n) is 3.28. The highest BCUT2D eigenvalue weighted by atomic mass is 35.5. The molecule has 2 atom stereocenters. The average Bonchev–Trinajstić information content (AvgIpc) is 2.84. The summed E-state index contributed by atoms with van der Waals surface area (Å²) >= 11 is 6.05. The standard InChI is InChI=1S/C11H13ClN4O/c1-6-14-10(12)7-5-13-16(11(7)15-6)8-3-2-4-9(8)17/h5,8-9,17H,2-4H2,1H3. The van der Waals surface area contributed by atoms with Crippen molar-refractivity contribution in [2.24, 2.45) is 0 Å². The van der Waals surface area contributed by atoms with E-state index >= 15 is 0 Å². The van der Waals surface area contributed by atoms with Crippen LogP contribution in [0.1, 0.15) is 31.1 Å². The minimum Gasteiger partial charge on any atom is -0.391 e. The SMILES string of the molecule is Cc1nc(Cl)c2cnn(C3CCCC3O)c2n1. The third-order valence-corrected chi connectivity index (χ3v) is 3.57. The number of aryl methyl sites for hydroxylation is 1. The molecule has 6 heteroatoms. The number of aliphatic hydroxyl groups excluding tert-OH is 1. The highest BCUT2D eigenvalue weighted by molar-refractivity contribution is 6.33.